The molecule has 1 aliphatic heterocycles. The molecule has 2 heterocycles. The number of halogens is 1. The van der Waals surface area contributed by atoms with E-state index in [-0.39, 0.29) is 11.3 Å². The summed E-state index contributed by atoms with van der Waals surface area (Å²) < 4.78 is 0.764. The van der Waals surface area contributed by atoms with Gasteiger partial charge < -0.3 is 4.90 Å². The van der Waals surface area contributed by atoms with Gasteiger partial charge in [-0.25, -0.2) is 4.98 Å². The second-order valence-electron chi connectivity index (χ2n) is 4.66. The van der Waals surface area contributed by atoms with Gasteiger partial charge in [-0.2, -0.15) is 0 Å². The Hall–Kier alpha value is -0.900. The minimum atomic E-state index is 0.0156. The predicted molar refractivity (Wildman–Crippen MR) is 61.6 cm³/mol. The van der Waals surface area contributed by atoms with Crippen LogP contribution in [-0.2, 0) is 0 Å². The molecule has 0 aromatic carbocycles. The summed E-state index contributed by atoms with van der Waals surface area (Å²) in [6, 6.07) is 3.64. The molecular formula is C11H13BrN2O. The highest BCUT2D eigenvalue weighted by molar-refractivity contribution is 9.10. The number of hydrogen-bond donors (Lipinski definition) is 0. The lowest BCUT2D eigenvalue weighted by Crippen LogP contribution is -2.55. The molecule has 1 amide bonds. The molecule has 1 fully saturated rings. The second kappa shape index (κ2) is 3.59. The number of rotatable bonds is 1. The fourth-order valence-electron chi connectivity index (χ4n) is 1.82. The first kappa shape index (κ1) is 10.6. The maximum absolute atomic E-state index is 12.0. The summed E-state index contributed by atoms with van der Waals surface area (Å²) in [6.45, 7) is 5.94. The van der Waals surface area contributed by atoms with E-state index in [9.17, 15) is 4.79 Å². The summed E-state index contributed by atoms with van der Waals surface area (Å²) in [5, 5.41) is 0. The van der Waals surface area contributed by atoms with E-state index in [1.165, 1.54) is 0 Å². The Morgan fingerprint density at radius 3 is 2.73 bits per heavy atom. The van der Waals surface area contributed by atoms with Crippen molar-refractivity contribution < 1.29 is 4.79 Å². The topological polar surface area (TPSA) is 33.2 Å². The molecule has 0 aliphatic carbocycles. The summed E-state index contributed by atoms with van der Waals surface area (Å²) in [5.41, 5.74) is 0.768. The van der Waals surface area contributed by atoms with E-state index >= 15 is 0 Å². The van der Waals surface area contributed by atoms with Crippen molar-refractivity contribution in [3.63, 3.8) is 0 Å². The molecule has 0 atom stereocenters. The fourth-order valence-corrected chi connectivity index (χ4v) is 2.25. The summed E-state index contributed by atoms with van der Waals surface area (Å²) >= 11 is 3.34. The number of carbonyl (C=O) groups is 1. The molecule has 0 N–H and O–H groups in total. The predicted octanol–water partition coefficient (Wildman–Crippen LogP) is 2.33. The van der Waals surface area contributed by atoms with Crippen molar-refractivity contribution in [1.82, 2.24) is 9.88 Å². The first-order valence-electron chi connectivity index (χ1n) is 4.89. The maximum Gasteiger partial charge on any atom is 0.273 e. The average Bonchev–Trinajstić information content (AvgIpc) is 2.14. The first-order chi connectivity index (χ1) is 6.99. The smallest absolute Gasteiger partial charge is 0.273 e. The SMILES string of the molecule is CC1(C)CN(C(=O)c2ncccc2Br)C1. The third-order valence-electron chi connectivity index (χ3n) is 2.49. The van der Waals surface area contributed by atoms with Crippen molar-refractivity contribution in [3.05, 3.63) is 28.5 Å². The maximum atomic E-state index is 12.0. The van der Waals surface area contributed by atoms with E-state index in [1.54, 1.807) is 12.3 Å². The van der Waals surface area contributed by atoms with Crippen LogP contribution in [0.4, 0.5) is 0 Å². The van der Waals surface area contributed by atoms with Gasteiger partial charge in [-0.05, 0) is 33.5 Å². The Morgan fingerprint density at radius 2 is 2.20 bits per heavy atom. The average molecular weight is 269 g/mol. The zero-order chi connectivity index (χ0) is 11.1. The number of aromatic nitrogens is 1. The Kier molecular flexibility index (Phi) is 2.54. The van der Waals surface area contributed by atoms with Crippen LogP contribution in [0.2, 0.25) is 0 Å². The van der Waals surface area contributed by atoms with Crippen molar-refractivity contribution in [2.24, 2.45) is 5.41 Å². The number of likely N-dealkylation sites (tertiary alicyclic amines) is 1. The Labute approximate surface area is 97.6 Å². The van der Waals surface area contributed by atoms with Gasteiger partial charge in [0.05, 0.1) is 0 Å². The Morgan fingerprint density at radius 1 is 1.53 bits per heavy atom. The van der Waals surface area contributed by atoms with Gasteiger partial charge in [-0.1, -0.05) is 13.8 Å². The van der Waals surface area contributed by atoms with Crippen LogP contribution in [0, 0.1) is 5.41 Å². The van der Waals surface area contributed by atoms with E-state index in [4.69, 9.17) is 0 Å². The standard InChI is InChI=1S/C11H13BrN2O/c1-11(2)6-14(7-11)10(15)9-8(12)4-3-5-13-9/h3-5H,6-7H2,1-2H3. The highest BCUT2D eigenvalue weighted by Crippen LogP contribution is 2.30. The molecule has 1 aromatic heterocycles. The van der Waals surface area contributed by atoms with Crippen molar-refractivity contribution in [1.29, 1.82) is 0 Å². The van der Waals surface area contributed by atoms with Crippen LogP contribution in [-0.4, -0.2) is 28.9 Å². The highest BCUT2D eigenvalue weighted by atomic mass is 79.9. The highest BCUT2D eigenvalue weighted by Gasteiger charge is 2.38. The summed E-state index contributed by atoms with van der Waals surface area (Å²) in [7, 11) is 0. The molecule has 2 rings (SSSR count). The van der Waals surface area contributed by atoms with Gasteiger partial charge >= 0.3 is 0 Å². The van der Waals surface area contributed by atoms with Crippen molar-refractivity contribution in [2.75, 3.05) is 13.1 Å². The van der Waals surface area contributed by atoms with E-state index < -0.39 is 0 Å². The molecule has 1 saturated heterocycles. The van der Waals surface area contributed by atoms with Crippen LogP contribution >= 0.6 is 15.9 Å². The number of nitrogens with zero attached hydrogens (tertiary/aromatic N) is 2. The lowest BCUT2D eigenvalue weighted by Gasteiger charge is -2.45. The van der Waals surface area contributed by atoms with Gasteiger partial charge in [0.25, 0.3) is 5.91 Å². The van der Waals surface area contributed by atoms with E-state index in [1.807, 2.05) is 11.0 Å². The van der Waals surface area contributed by atoms with Gasteiger partial charge in [0.1, 0.15) is 5.69 Å². The van der Waals surface area contributed by atoms with E-state index in [2.05, 4.69) is 34.8 Å². The molecule has 4 heteroatoms. The second-order valence-corrected chi connectivity index (χ2v) is 5.51. The molecular weight excluding hydrogens is 256 g/mol. The van der Waals surface area contributed by atoms with E-state index in [0.717, 1.165) is 17.6 Å². The molecule has 3 nitrogen and oxygen atoms in total. The molecule has 80 valence electrons. The third-order valence-corrected chi connectivity index (χ3v) is 3.13. The molecule has 0 saturated carbocycles. The fraction of sp³-hybridized carbons (Fsp3) is 0.455. The quantitative estimate of drug-likeness (QED) is 0.784. The number of carbonyl (C=O) groups excluding carboxylic acids is 1. The largest absolute Gasteiger partial charge is 0.336 e. The minimum absolute atomic E-state index is 0.0156. The lowest BCUT2D eigenvalue weighted by molar-refractivity contribution is 0.0230. The van der Waals surface area contributed by atoms with E-state index in [0.29, 0.717) is 5.69 Å². The van der Waals surface area contributed by atoms with Crippen LogP contribution in [0.25, 0.3) is 0 Å². The number of pyridine rings is 1. The van der Waals surface area contributed by atoms with Gasteiger partial charge in [0.15, 0.2) is 0 Å². The van der Waals surface area contributed by atoms with Crippen molar-refractivity contribution >= 4 is 21.8 Å². The number of amides is 1. The van der Waals surface area contributed by atoms with Crippen molar-refractivity contribution in [2.45, 2.75) is 13.8 Å². The van der Waals surface area contributed by atoms with Crippen molar-refractivity contribution in [3.8, 4) is 0 Å². The Balaban J connectivity index is 2.14. The molecule has 0 spiro atoms. The van der Waals surface area contributed by atoms with Crippen LogP contribution in [0.3, 0.4) is 0 Å². The molecule has 0 unspecified atom stereocenters. The molecule has 1 aliphatic rings. The van der Waals surface area contributed by atoms with Crippen LogP contribution < -0.4 is 0 Å². The third kappa shape index (κ3) is 2.04. The summed E-state index contributed by atoms with van der Waals surface area (Å²) in [6.07, 6.45) is 1.64. The zero-order valence-electron chi connectivity index (χ0n) is 8.83. The molecule has 0 radical (unpaired) electrons. The monoisotopic (exact) mass is 268 g/mol. The number of hydrogen-bond acceptors (Lipinski definition) is 2. The summed E-state index contributed by atoms with van der Waals surface area (Å²) in [5.74, 6) is 0.0156. The Bertz CT molecular complexity index is 395. The van der Waals surface area contributed by atoms with Gasteiger partial charge in [0.2, 0.25) is 0 Å². The van der Waals surface area contributed by atoms with Crippen LogP contribution in [0.15, 0.2) is 22.8 Å². The normalized spacial score (nSPS) is 18.5. The lowest BCUT2D eigenvalue weighted by atomic mass is 9.84. The van der Waals surface area contributed by atoms with Gasteiger partial charge in [-0.3, -0.25) is 4.79 Å². The molecule has 15 heavy (non-hydrogen) atoms. The molecule has 1 aromatic rings. The first-order valence-corrected chi connectivity index (χ1v) is 5.69. The van der Waals surface area contributed by atoms with Gasteiger partial charge in [0, 0.05) is 23.8 Å². The minimum Gasteiger partial charge on any atom is -0.336 e. The van der Waals surface area contributed by atoms with Crippen LogP contribution in [0.5, 0.6) is 0 Å². The molecule has 0 bridgehead atoms. The van der Waals surface area contributed by atoms with Gasteiger partial charge in [-0.15, -0.1) is 0 Å². The summed E-state index contributed by atoms with van der Waals surface area (Å²) in [4.78, 5) is 17.9. The zero-order valence-corrected chi connectivity index (χ0v) is 10.4. The van der Waals surface area contributed by atoms with Crippen LogP contribution in [0.1, 0.15) is 24.3 Å².